The Morgan fingerprint density at radius 2 is 1.93 bits per heavy atom. The molecule has 0 aliphatic heterocycles. The molecule has 2 aromatic carbocycles. The largest absolute Gasteiger partial charge is 0.416 e. The minimum absolute atomic E-state index is 0.232. The monoisotopic (exact) mass is 392 g/mol. The van der Waals surface area contributed by atoms with Crippen LogP contribution < -0.4 is 10.6 Å². The first-order valence-corrected chi connectivity index (χ1v) is 8.25. The summed E-state index contributed by atoms with van der Waals surface area (Å²) in [5.41, 5.74) is 0.713. The maximum Gasteiger partial charge on any atom is 0.416 e. The van der Waals surface area contributed by atoms with E-state index in [2.05, 4.69) is 15.7 Å². The highest BCUT2D eigenvalue weighted by atomic mass is 19.4. The fourth-order valence-corrected chi connectivity index (χ4v) is 2.67. The van der Waals surface area contributed by atoms with Crippen molar-refractivity contribution in [1.82, 2.24) is 15.1 Å². The molecular weight excluding hydrogens is 376 g/mol. The Balaban J connectivity index is 1.68. The number of aryl methyl sites for hydroxylation is 1. The molecule has 5 nitrogen and oxygen atoms in total. The number of rotatable bonds is 4. The lowest BCUT2D eigenvalue weighted by molar-refractivity contribution is -0.138. The number of carbonyl (C=O) groups is 1. The van der Waals surface area contributed by atoms with Crippen LogP contribution in [0.15, 0.2) is 54.7 Å². The van der Waals surface area contributed by atoms with Crippen molar-refractivity contribution in [3.8, 4) is 5.69 Å². The number of hydrogen-bond acceptors (Lipinski definition) is 2. The zero-order valence-electron chi connectivity index (χ0n) is 14.7. The van der Waals surface area contributed by atoms with E-state index >= 15 is 0 Å². The van der Waals surface area contributed by atoms with Gasteiger partial charge in [0.05, 0.1) is 11.3 Å². The molecule has 146 valence electrons. The summed E-state index contributed by atoms with van der Waals surface area (Å²) in [5, 5.41) is 9.08. The number of anilines is 1. The van der Waals surface area contributed by atoms with E-state index in [1.807, 2.05) is 13.0 Å². The zero-order valence-corrected chi connectivity index (χ0v) is 14.7. The van der Waals surface area contributed by atoms with Gasteiger partial charge in [0.2, 0.25) is 0 Å². The standard InChI is InChI=1S/C19H16F4N4O/c1-12-7-8-25-27(12)16-4-2-3-15(10-16)26-18(28)24-11-13-5-6-14(20)9-17(13)19(21,22)23/h2-10H,11H2,1H3,(H2,24,26,28). The molecule has 3 aromatic rings. The predicted octanol–water partition coefficient (Wildman–Crippen LogP) is 4.66. The van der Waals surface area contributed by atoms with E-state index in [4.69, 9.17) is 0 Å². The van der Waals surface area contributed by atoms with Gasteiger partial charge in [-0.25, -0.2) is 13.9 Å². The summed E-state index contributed by atoms with van der Waals surface area (Å²) < 4.78 is 53.8. The summed E-state index contributed by atoms with van der Waals surface area (Å²) >= 11 is 0. The van der Waals surface area contributed by atoms with Crippen LogP contribution in [0.4, 0.5) is 28.0 Å². The number of hydrogen-bond donors (Lipinski definition) is 2. The molecule has 0 unspecified atom stereocenters. The molecule has 1 aromatic heterocycles. The fraction of sp³-hybridized carbons (Fsp3) is 0.158. The average molecular weight is 392 g/mol. The van der Waals surface area contributed by atoms with Crippen LogP contribution >= 0.6 is 0 Å². The Labute approximate surface area is 158 Å². The summed E-state index contributed by atoms with van der Waals surface area (Å²) in [4.78, 5) is 12.1. The first kappa shape index (κ1) is 19.4. The summed E-state index contributed by atoms with van der Waals surface area (Å²) in [6.45, 7) is 1.47. The van der Waals surface area contributed by atoms with E-state index in [9.17, 15) is 22.4 Å². The molecule has 1 heterocycles. The highest BCUT2D eigenvalue weighted by Crippen LogP contribution is 2.32. The van der Waals surface area contributed by atoms with Gasteiger partial charge in [-0.05, 0) is 48.9 Å². The molecule has 0 aliphatic carbocycles. The van der Waals surface area contributed by atoms with Crippen LogP contribution in [0.2, 0.25) is 0 Å². The molecule has 9 heteroatoms. The number of halogens is 4. The van der Waals surface area contributed by atoms with E-state index in [1.165, 1.54) is 0 Å². The first-order chi connectivity index (χ1) is 13.2. The van der Waals surface area contributed by atoms with Crippen molar-refractivity contribution in [2.45, 2.75) is 19.6 Å². The number of alkyl halides is 3. The highest BCUT2D eigenvalue weighted by Gasteiger charge is 2.33. The topological polar surface area (TPSA) is 59.0 Å². The van der Waals surface area contributed by atoms with Gasteiger partial charge < -0.3 is 10.6 Å². The molecule has 2 amide bonds. The third-order valence-electron chi connectivity index (χ3n) is 4.00. The second-order valence-corrected chi connectivity index (χ2v) is 6.04. The van der Waals surface area contributed by atoms with Gasteiger partial charge in [0.15, 0.2) is 0 Å². The number of urea groups is 1. The van der Waals surface area contributed by atoms with Gasteiger partial charge in [-0.15, -0.1) is 0 Å². The zero-order chi connectivity index (χ0) is 20.3. The van der Waals surface area contributed by atoms with Gasteiger partial charge >= 0.3 is 12.2 Å². The van der Waals surface area contributed by atoms with Gasteiger partial charge in [0, 0.05) is 24.1 Å². The molecule has 0 saturated carbocycles. The summed E-state index contributed by atoms with van der Waals surface area (Å²) in [6.07, 6.45) is -3.07. The van der Waals surface area contributed by atoms with Crippen molar-refractivity contribution >= 4 is 11.7 Å². The lowest BCUT2D eigenvalue weighted by atomic mass is 10.1. The molecule has 28 heavy (non-hydrogen) atoms. The molecule has 2 N–H and O–H groups in total. The van der Waals surface area contributed by atoms with Crippen molar-refractivity contribution in [1.29, 1.82) is 0 Å². The van der Waals surface area contributed by atoms with Crippen molar-refractivity contribution in [2.24, 2.45) is 0 Å². The Morgan fingerprint density at radius 3 is 2.61 bits per heavy atom. The van der Waals surface area contributed by atoms with Crippen LogP contribution in [0, 0.1) is 12.7 Å². The molecule has 3 rings (SSSR count). The number of carbonyl (C=O) groups excluding carboxylic acids is 1. The maximum atomic E-state index is 13.1. The Hall–Kier alpha value is -3.36. The van der Waals surface area contributed by atoms with E-state index in [1.54, 1.807) is 35.1 Å². The van der Waals surface area contributed by atoms with Crippen LogP contribution in [0.1, 0.15) is 16.8 Å². The second-order valence-electron chi connectivity index (χ2n) is 6.04. The van der Waals surface area contributed by atoms with Crippen molar-refractivity contribution in [2.75, 3.05) is 5.32 Å². The van der Waals surface area contributed by atoms with Crippen LogP contribution in [-0.2, 0) is 12.7 Å². The highest BCUT2D eigenvalue weighted by molar-refractivity contribution is 5.89. The summed E-state index contributed by atoms with van der Waals surface area (Å²) in [5.74, 6) is -0.994. The Kier molecular flexibility index (Phi) is 5.34. The summed E-state index contributed by atoms with van der Waals surface area (Å²) in [7, 11) is 0. The van der Waals surface area contributed by atoms with Crippen LogP contribution in [0.3, 0.4) is 0 Å². The lowest BCUT2D eigenvalue weighted by Gasteiger charge is -2.14. The van der Waals surface area contributed by atoms with E-state index < -0.39 is 30.1 Å². The first-order valence-electron chi connectivity index (χ1n) is 8.25. The molecule has 0 fully saturated rings. The van der Waals surface area contributed by atoms with Gasteiger partial charge in [-0.2, -0.15) is 18.3 Å². The minimum Gasteiger partial charge on any atom is -0.334 e. The molecule has 0 spiro atoms. The van der Waals surface area contributed by atoms with Gasteiger partial charge in [-0.3, -0.25) is 0 Å². The number of nitrogens with one attached hydrogen (secondary N) is 2. The van der Waals surface area contributed by atoms with Gasteiger partial charge in [0.1, 0.15) is 5.82 Å². The second kappa shape index (κ2) is 7.71. The van der Waals surface area contributed by atoms with Gasteiger partial charge in [-0.1, -0.05) is 12.1 Å². The smallest absolute Gasteiger partial charge is 0.334 e. The number of benzene rings is 2. The quantitative estimate of drug-likeness (QED) is 0.635. The summed E-state index contributed by atoms with van der Waals surface area (Å²) in [6, 6.07) is 10.3. The molecule has 0 atom stereocenters. The normalized spacial score (nSPS) is 11.3. The van der Waals surface area contributed by atoms with Crippen LogP contribution in [-0.4, -0.2) is 15.8 Å². The SMILES string of the molecule is Cc1ccnn1-c1cccc(NC(=O)NCc2ccc(F)cc2C(F)(F)F)c1. The predicted molar refractivity (Wildman–Crippen MR) is 95.6 cm³/mol. The van der Waals surface area contributed by atoms with Crippen molar-refractivity contribution in [3.05, 3.63) is 77.4 Å². The number of nitrogens with zero attached hydrogens (tertiary/aromatic N) is 2. The maximum absolute atomic E-state index is 13.1. The van der Waals surface area contributed by atoms with Crippen LogP contribution in [0.25, 0.3) is 5.69 Å². The molecule has 0 saturated heterocycles. The number of amides is 2. The van der Waals surface area contributed by atoms with Gasteiger partial charge in [0.25, 0.3) is 0 Å². The minimum atomic E-state index is -4.72. The Morgan fingerprint density at radius 1 is 1.14 bits per heavy atom. The van der Waals surface area contributed by atoms with Crippen LogP contribution in [0.5, 0.6) is 0 Å². The third kappa shape index (κ3) is 4.48. The third-order valence-corrected chi connectivity index (χ3v) is 4.00. The fourth-order valence-electron chi connectivity index (χ4n) is 2.67. The van der Waals surface area contributed by atoms with E-state index in [0.29, 0.717) is 11.8 Å². The molecule has 0 bridgehead atoms. The average Bonchev–Trinajstić information content (AvgIpc) is 3.06. The number of aromatic nitrogens is 2. The molecule has 0 radical (unpaired) electrons. The molecular formula is C19H16F4N4O. The van der Waals surface area contributed by atoms with Crippen molar-refractivity contribution in [3.63, 3.8) is 0 Å². The van der Waals surface area contributed by atoms with E-state index in [-0.39, 0.29) is 5.56 Å². The van der Waals surface area contributed by atoms with E-state index in [0.717, 1.165) is 23.5 Å². The van der Waals surface area contributed by atoms with Crippen molar-refractivity contribution < 1.29 is 22.4 Å². The Bertz CT molecular complexity index is 998. The molecule has 0 aliphatic rings. The lowest BCUT2D eigenvalue weighted by Crippen LogP contribution is -2.29.